The maximum Gasteiger partial charge on any atom is 0.305 e. The third-order valence-electron chi connectivity index (χ3n) is 28.4. The molecule has 0 saturated carbocycles. The predicted octanol–water partition coefficient (Wildman–Crippen LogP) is 32.5. The van der Waals surface area contributed by atoms with Crippen molar-refractivity contribution in [3.05, 3.63) is 339 Å². The summed E-state index contributed by atoms with van der Waals surface area (Å²) in [6.07, 6.45) is 37.3. The fourth-order valence-corrected chi connectivity index (χ4v) is 21.1. The highest BCUT2D eigenvalue weighted by Crippen LogP contribution is 2.46. The number of esters is 2. The smallest absolute Gasteiger partial charge is 0.305 e. The van der Waals surface area contributed by atoms with Crippen LogP contribution in [-0.2, 0) is 54.9 Å². The van der Waals surface area contributed by atoms with Crippen LogP contribution in [0.15, 0.2) is 294 Å². The number of carbonyl (C=O) groups is 2. The van der Waals surface area contributed by atoms with Gasteiger partial charge in [0.15, 0.2) is 35.5 Å². The fraction of sp³-hybridized carbons (Fsp3) is 0.389. The van der Waals surface area contributed by atoms with Crippen LogP contribution in [0.25, 0.3) is 71.8 Å². The van der Waals surface area contributed by atoms with Crippen molar-refractivity contribution in [2.75, 3.05) is 62.0 Å². The summed E-state index contributed by atoms with van der Waals surface area (Å²) < 4.78 is 26.7. The Morgan fingerprint density at radius 3 is 1.50 bits per heavy atom. The number of pyridine rings is 2. The van der Waals surface area contributed by atoms with Crippen molar-refractivity contribution in [3.63, 3.8) is 0 Å². The Morgan fingerprint density at radius 2 is 0.903 bits per heavy atom. The molecule has 17 rings (SSSR count). The Kier molecular flexibility index (Phi) is 44.6. The van der Waals surface area contributed by atoms with Gasteiger partial charge in [-0.15, -0.1) is 0 Å². The van der Waals surface area contributed by atoms with Gasteiger partial charge in [-0.1, -0.05) is 322 Å². The highest BCUT2D eigenvalue weighted by Gasteiger charge is 2.47. The summed E-state index contributed by atoms with van der Waals surface area (Å²) in [6.45, 7) is 68.6. The van der Waals surface area contributed by atoms with Gasteiger partial charge in [0.25, 0.3) is 5.01 Å². The number of anilines is 3. The zero-order valence-corrected chi connectivity index (χ0v) is 92.2. The number of aryl methyl sites for hydroxylation is 5. The van der Waals surface area contributed by atoms with Crippen LogP contribution in [0.3, 0.4) is 0 Å². The van der Waals surface area contributed by atoms with E-state index in [-0.39, 0.29) is 41.4 Å². The highest BCUT2D eigenvalue weighted by atomic mass is 32.1. The number of thiazole rings is 1. The van der Waals surface area contributed by atoms with Crippen LogP contribution in [0.5, 0.6) is 0 Å². The summed E-state index contributed by atoms with van der Waals surface area (Å²) in [4.78, 5) is 25.9. The summed E-state index contributed by atoms with van der Waals surface area (Å²) in [6, 6.07) is 81.6. The summed E-state index contributed by atoms with van der Waals surface area (Å²) in [5.74, 6) is -0.626. The zero-order valence-electron chi connectivity index (χ0n) is 91.4. The van der Waals surface area contributed by atoms with E-state index in [1.807, 2.05) is 72.9 Å². The average Bonchev–Trinajstić information content (AvgIpc) is 1.59. The van der Waals surface area contributed by atoms with Gasteiger partial charge >= 0.3 is 11.9 Å². The molecule has 13 aromatic rings. The van der Waals surface area contributed by atoms with Gasteiger partial charge in [-0.2, -0.15) is 27.4 Å². The second-order valence-electron chi connectivity index (χ2n) is 40.3. The van der Waals surface area contributed by atoms with Gasteiger partial charge in [0.05, 0.1) is 27.0 Å². The first-order valence-electron chi connectivity index (χ1n) is 53.9. The molecule has 7 heterocycles. The molecule has 0 fully saturated rings. The number of para-hydroxylation sites is 5. The number of nitrogens with zero attached hydrogens (tertiary/aromatic N) is 7. The molecule has 0 amide bonds. The Bertz CT molecular complexity index is 6630. The van der Waals surface area contributed by atoms with Crippen LogP contribution < -0.4 is 29.2 Å². The van der Waals surface area contributed by atoms with Gasteiger partial charge in [0.2, 0.25) is 39.3 Å². The number of nitrogens with one attached hydrogen (secondary N) is 2. The molecule has 0 bridgehead atoms. The van der Waals surface area contributed by atoms with E-state index in [1.54, 1.807) is 0 Å². The van der Waals surface area contributed by atoms with E-state index in [0.717, 1.165) is 92.8 Å². The summed E-state index contributed by atoms with van der Waals surface area (Å²) in [5.41, 5.74) is 23.7. The van der Waals surface area contributed by atoms with Crippen LogP contribution in [0.2, 0.25) is 0 Å². The monoisotopic (exact) mass is 1970 g/mol. The van der Waals surface area contributed by atoms with Crippen LogP contribution in [-0.4, -0.2) is 94.9 Å². The lowest BCUT2D eigenvalue weighted by atomic mass is 9.81. The second-order valence-corrected chi connectivity index (χ2v) is 41.3. The second kappa shape index (κ2) is 56.6. The molecule has 14 heteroatoms. The summed E-state index contributed by atoms with van der Waals surface area (Å²) in [7, 11) is 2.15. The molecule has 4 aliphatic heterocycles. The van der Waals surface area contributed by atoms with E-state index in [0.29, 0.717) is 6.42 Å². The Hall–Kier alpha value is -12.8. The quantitative estimate of drug-likeness (QED) is 0.0226. The van der Waals surface area contributed by atoms with Gasteiger partial charge in [-0.3, -0.25) is 9.59 Å². The first-order chi connectivity index (χ1) is 70.1. The lowest BCUT2D eigenvalue weighted by molar-refractivity contribution is -0.673. The Balaban J connectivity index is 0.000000172. The molecule has 0 saturated heterocycles. The maximum atomic E-state index is 12.2. The van der Waals surface area contributed by atoms with Gasteiger partial charge in [-0.05, 0) is 163 Å². The molecule has 13 nitrogen and oxygen atoms in total. The molecule has 0 radical (unpaired) electrons. The molecule has 0 aliphatic carbocycles. The standard InChI is InChI=1S/C22H28N2O4.C20H24N.C18H26N.C16H22N.2C15H18N.C13H16NS.C12H19N/c1-4-5-6-10-19(26)28-14-22(13-27-16(3)25)23-18-9-7-8-17-12-11-15(2)21(24-22)20(17)18;1-5-7-14-21-18(6-2)20(3,4)17-13-12-15-10-8-9-11-16(15)19(17)21;1-5-7-8-11-14-19-16-13-10-9-12-15(16)18(3,4)17(19)6-2;1-5-7-12-17-14-11-9-8-10-13(14)16(3,4)15(17)6-2;1-3-5-12-16-14(4-2)11-10-13-8-6-7-9-15(13)16;1-3-5-11-16-12-10-13(4-2)14-8-6-7-9-15(14)16;1-3-5-10-14-11-8-6-7-9-12(11)15-13(14)4-2;1-4-5-10-13(3)12-8-6-11(2)7-9-12/h7-9,11-12,23-24H,4-6,10,13-14H2,1-3H3;6,8-13H,2,5,7,14H2,1,3-4H3;6,9-10,12-13H,2,5,7-8,11,14H2,1,3-4H3;6,8-11H,2,5,7,12H2,1,3-4H3;4,6-11H,2-3,5,12H2,1H3;4,6-10,12H,2-3,5,11H2,1H3;4,6-9H,2-3,5,10H2,1H3;6-9H,4-5,10H2,1-3H3/q;6*+1;. The maximum absolute atomic E-state index is 12.2. The van der Waals surface area contributed by atoms with Crippen molar-refractivity contribution < 1.29 is 46.5 Å². The normalized spacial score (nSPS) is 14.3. The molecular formula is C131H171N9O4S+6. The van der Waals surface area contributed by atoms with Gasteiger partial charge in [0, 0.05) is 165 Å². The number of benzene rings is 10. The van der Waals surface area contributed by atoms with Crippen molar-refractivity contribution in [1.82, 2.24) is 0 Å². The van der Waals surface area contributed by atoms with Crippen molar-refractivity contribution in [2.45, 2.75) is 288 Å². The molecule has 145 heavy (non-hydrogen) atoms. The molecule has 0 spiro atoms. The molecule has 1 atom stereocenters. The number of unbranched alkanes of at least 4 members (excludes halogenated alkanes) is 11. The third-order valence-corrected chi connectivity index (χ3v) is 29.5. The highest BCUT2D eigenvalue weighted by molar-refractivity contribution is 7.18. The van der Waals surface area contributed by atoms with Gasteiger partial charge in [-0.25, -0.2) is 0 Å². The Labute approximate surface area is 875 Å². The van der Waals surface area contributed by atoms with E-state index in [2.05, 4.69) is 412 Å². The third kappa shape index (κ3) is 29.1. The molecule has 1 unspecified atom stereocenters. The Morgan fingerprint density at radius 1 is 0.407 bits per heavy atom. The van der Waals surface area contributed by atoms with Crippen molar-refractivity contribution in [3.8, 4) is 0 Å². The van der Waals surface area contributed by atoms with E-state index < -0.39 is 5.66 Å². The molecular weight excluding hydrogens is 1800 g/mol. The number of aromatic nitrogens is 3. The summed E-state index contributed by atoms with van der Waals surface area (Å²) >= 11 is 1.82. The minimum Gasteiger partial charge on any atom is -0.461 e. The van der Waals surface area contributed by atoms with Crippen molar-refractivity contribution in [2.24, 2.45) is 0 Å². The van der Waals surface area contributed by atoms with Crippen molar-refractivity contribution >= 4 is 146 Å². The number of fused-ring (bicyclic) bond motifs is 8. The lowest BCUT2D eigenvalue weighted by Crippen LogP contribution is -2.56. The van der Waals surface area contributed by atoms with E-state index in [9.17, 15) is 9.59 Å². The van der Waals surface area contributed by atoms with E-state index in [4.69, 9.17) is 9.47 Å². The zero-order chi connectivity index (χ0) is 105. The van der Waals surface area contributed by atoms with Crippen LogP contribution >= 0.6 is 11.3 Å². The van der Waals surface area contributed by atoms with Crippen LogP contribution in [0.4, 0.5) is 34.1 Å². The molecule has 3 aromatic heterocycles. The minimum atomic E-state index is -0.917. The number of hydrogen-bond acceptors (Lipinski definition) is 8. The summed E-state index contributed by atoms with van der Waals surface area (Å²) in [5, 5.41) is 15.6. The topological polar surface area (TPSA) is 101 Å². The fourth-order valence-electron chi connectivity index (χ4n) is 20.1. The number of carbonyl (C=O) groups excluding carboxylic acids is 2. The van der Waals surface area contributed by atoms with Crippen molar-refractivity contribution in [1.29, 1.82) is 0 Å². The molecule has 764 valence electrons. The number of hydrogen-bond donors (Lipinski definition) is 2. The first-order valence-corrected chi connectivity index (χ1v) is 54.8. The largest absolute Gasteiger partial charge is 0.461 e. The van der Waals surface area contributed by atoms with Crippen LogP contribution in [0, 0.1) is 13.8 Å². The number of rotatable bonds is 38. The predicted molar refractivity (Wildman–Crippen MR) is 625 cm³/mol. The van der Waals surface area contributed by atoms with Gasteiger partial charge in [0.1, 0.15) is 50.6 Å². The number of ether oxygens (including phenoxy) is 2. The van der Waals surface area contributed by atoms with E-state index in [1.165, 1.54) is 231 Å². The van der Waals surface area contributed by atoms with Gasteiger partial charge < -0.3 is 25.0 Å². The minimum absolute atomic E-state index is 0.0364. The lowest BCUT2D eigenvalue weighted by Gasteiger charge is -2.40. The first kappa shape index (κ1) is 114. The average molecular weight is 1970 g/mol. The molecule has 2 N–H and O–H groups in total. The van der Waals surface area contributed by atoms with Crippen LogP contribution in [0.1, 0.15) is 276 Å². The molecule has 4 aliphatic rings. The molecule has 10 aromatic carbocycles. The number of allylic oxidation sites excluding steroid dienone is 3. The van der Waals surface area contributed by atoms with E-state index >= 15 is 0 Å². The SMILES string of the molecule is C=CC1=[N+](CCCC)c2c(ccc3ccccc23)C1(C)C.C=CC1=[N+](CCCC)c2ccccc2C1(C)C.C=CC1=[N+](CCCCCC)c2ccccc2C1(C)C.C=Cc1cc[n+](CCCC)c2ccccc12.C=Cc1ccc2ccccc2[n+]1CCCC.C=Cc1sc2ccccc2[n+]1CCCC.CCCCCC(=O)OCC1(COC(C)=O)Nc2cccc3ccc(C)c(c23)N1.CCCCN(C)c1ccc(C)cc1.